The minimum absolute atomic E-state index is 0.0591. The highest BCUT2D eigenvalue weighted by atomic mass is 19.4. The van der Waals surface area contributed by atoms with Crippen molar-refractivity contribution in [2.75, 3.05) is 25.1 Å². The van der Waals surface area contributed by atoms with Gasteiger partial charge in [-0.3, -0.25) is 9.48 Å². The molecule has 1 atom stereocenters. The van der Waals surface area contributed by atoms with Crippen molar-refractivity contribution in [2.45, 2.75) is 38.9 Å². The van der Waals surface area contributed by atoms with Crippen LogP contribution in [0.5, 0.6) is 5.88 Å². The Hall–Kier alpha value is -3.21. The molecule has 0 radical (unpaired) electrons. The van der Waals surface area contributed by atoms with Gasteiger partial charge in [0.25, 0.3) is 0 Å². The molecule has 0 spiro atoms. The summed E-state index contributed by atoms with van der Waals surface area (Å²) in [4.78, 5) is 21.0. The molecule has 0 bridgehead atoms. The minimum atomic E-state index is -4.43. The summed E-state index contributed by atoms with van der Waals surface area (Å²) in [5, 5.41) is 8.19. The number of hydrogen-bond donors (Lipinski definition) is 1. The highest BCUT2D eigenvalue weighted by Crippen LogP contribution is 2.28. The third-order valence-electron chi connectivity index (χ3n) is 5.59. The second-order valence-corrected chi connectivity index (χ2v) is 8.05. The number of rotatable bonds is 6. The summed E-state index contributed by atoms with van der Waals surface area (Å²) in [6.45, 7) is 3.28. The van der Waals surface area contributed by atoms with E-state index in [1.807, 2.05) is 6.92 Å². The van der Waals surface area contributed by atoms with E-state index in [-0.39, 0.29) is 23.7 Å². The highest BCUT2D eigenvalue weighted by Gasteiger charge is 2.29. The molecule has 8 nitrogen and oxygen atoms in total. The number of hydrogen-bond acceptors (Lipinski definition) is 6. The highest BCUT2D eigenvalue weighted by molar-refractivity contribution is 5.99. The van der Waals surface area contributed by atoms with Gasteiger partial charge < -0.3 is 14.8 Å². The molecule has 3 aromatic rings. The Morgan fingerprint density at radius 2 is 2.09 bits per heavy atom. The molecule has 4 rings (SSSR count). The smallest absolute Gasteiger partial charge is 0.422 e. The average Bonchev–Trinajstić information content (AvgIpc) is 3.23. The van der Waals surface area contributed by atoms with Gasteiger partial charge in [-0.05, 0) is 44.4 Å². The molecule has 1 N–H and O–H groups in total. The van der Waals surface area contributed by atoms with Crippen LogP contribution in [0.3, 0.4) is 0 Å². The average molecular weight is 463 g/mol. The molecular formula is C22H24F3N5O3. The first kappa shape index (κ1) is 23.0. The van der Waals surface area contributed by atoms with Gasteiger partial charge >= 0.3 is 6.18 Å². The third-order valence-corrected chi connectivity index (χ3v) is 5.59. The van der Waals surface area contributed by atoms with Gasteiger partial charge in [0.1, 0.15) is 5.82 Å². The maximum atomic E-state index is 12.6. The van der Waals surface area contributed by atoms with Crippen LogP contribution in [-0.4, -0.2) is 51.7 Å². The molecule has 1 aliphatic heterocycles. The molecule has 1 fully saturated rings. The summed E-state index contributed by atoms with van der Waals surface area (Å²) in [5.74, 6) is 0.175. The summed E-state index contributed by atoms with van der Waals surface area (Å²) in [6, 6.07) is 3.21. The Morgan fingerprint density at radius 1 is 1.33 bits per heavy atom. The number of nitrogens with zero attached hydrogens (tertiary/aromatic N) is 4. The Bertz CT molecular complexity index is 1140. The summed E-state index contributed by atoms with van der Waals surface area (Å²) in [6.07, 6.45) is 1.77. The lowest BCUT2D eigenvalue weighted by atomic mass is 9.99. The number of fused-ring (bicyclic) bond motifs is 1. The molecule has 1 saturated heterocycles. The number of amides is 1. The van der Waals surface area contributed by atoms with E-state index in [0.717, 1.165) is 5.56 Å². The van der Waals surface area contributed by atoms with Gasteiger partial charge in [0, 0.05) is 43.3 Å². The number of aryl methyl sites for hydroxylation is 1. The molecule has 0 aliphatic carbocycles. The van der Waals surface area contributed by atoms with Crippen LogP contribution in [0.4, 0.5) is 19.0 Å². The van der Waals surface area contributed by atoms with Crippen LogP contribution < -0.4 is 10.1 Å². The molecule has 1 aliphatic rings. The van der Waals surface area contributed by atoms with Gasteiger partial charge in [0.2, 0.25) is 11.8 Å². The summed E-state index contributed by atoms with van der Waals surface area (Å²) in [5.41, 5.74) is 1.90. The van der Waals surface area contributed by atoms with E-state index in [1.54, 1.807) is 36.1 Å². The van der Waals surface area contributed by atoms with Crippen LogP contribution in [-0.2, 0) is 9.53 Å². The molecule has 4 heterocycles. The maximum Gasteiger partial charge on any atom is 0.422 e. The number of carbonyl (C=O) groups is 1. The number of anilines is 1. The molecule has 0 saturated carbocycles. The van der Waals surface area contributed by atoms with Crippen LogP contribution in [0.15, 0.2) is 30.7 Å². The first-order chi connectivity index (χ1) is 15.7. The molecule has 11 heteroatoms. The van der Waals surface area contributed by atoms with Crippen molar-refractivity contribution in [1.29, 1.82) is 0 Å². The lowest BCUT2D eigenvalue weighted by Crippen LogP contribution is -2.28. The van der Waals surface area contributed by atoms with Crippen LogP contribution in [0.1, 0.15) is 36.9 Å². The van der Waals surface area contributed by atoms with Crippen molar-refractivity contribution in [2.24, 2.45) is 5.92 Å². The predicted octanol–water partition coefficient (Wildman–Crippen LogP) is 4.05. The van der Waals surface area contributed by atoms with Gasteiger partial charge in [-0.2, -0.15) is 18.3 Å². The predicted molar refractivity (Wildman–Crippen MR) is 114 cm³/mol. The molecular weight excluding hydrogens is 439 g/mol. The Morgan fingerprint density at radius 3 is 2.79 bits per heavy atom. The van der Waals surface area contributed by atoms with Crippen LogP contribution in [0.25, 0.3) is 10.9 Å². The van der Waals surface area contributed by atoms with Gasteiger partial charge in [0.05, 0.1) is 16.9 Å². The molecule has 3 aromatic heterocycles. The van der Waals surface area contributed by atoms with Gasteiger partial charge in [-0.25, -0.2) is 9.97 Å². The van der Waals surface area contributed by atoms with E-state index in [0.29, 0.717) is 48.3 Å². The van der Waals surface area contributed by atoms with Gasteiger partial charge in [-0.1, -0.05) is 0 Å². The maximum absolute atomic E-state index is 12.6. The van der Waals surface area contributed by atoms with Crippen LogP contribution in [0.2, 0.25) is 0 Å². The van der Waals surface area contributed by atoms with E-state index in [1.165, 1.54) is 6.20 Å². The number of ether oxygens (including phenoxy) is 2. The standard InChI is InChI=1S/C22H24F3N5O3/c1-13-9-16(10-27-21(13)33-12-22(23,24)25)14(2)30-11-17-18(29-30)3-6-26-19(17)28-20(31)15-4-7-32-8-5-15/h3,6,9-11,14-15H,4-5,7-8,12H2,1-2H3,(H,26,28,31). The number of pyridine rings is 2. The zero-order valence-electron chi connectivity index (χ0n) is 18.2. The monoisotopic (exact) mass is 463 g/mol. The zero-order chi connectivity index (χ0) is 23.6. The SMILES string of the molecule is Cc1cc(C(C)n2cc3c(NC(=O)C4CCOCC4)nccc3n2)cnc1OCC(F)(F)F. The van der Waals surface area contributed by atoms with Crippen molar-refractivity contribution in [3.8, 4) is 5.88 Å². The first-order valence-corrected chi connectivity index (χ1v) is 10.6. The number of aromatic nitrogens is 4. The fourth-order valence-electron chi connectivity index (χ4n) is 3.71. The molecule has 33 heavy (non-hydrogen) atoms. The first-order valence-electron chi connectivity index (χ1n) is 10.6. The quantitative estimate of drug-likeness (QED) is 0.593. The van der Waals surface area contributed by atoms with Crippen molar-refractivity contribution < 1.29 is 27.4 Å². The van der Waals surface area contributed by atoms with Gasteiger partial charge in [-0.15, -0.1) is 0 Å². The number of carbonyl (C=O) groups excluding carboxylic acids is 1. The van der Waals surface area contributed by atoms with E-state index < -0.39 is 12.8 Å². The fraction of sp³-hybridized carbons (Fsp3) is 0.455. The normalized spacial score (nSPS) is 16.0. The summed E-state index contributed by atoms with van der Waals surface area (Å²) >= 11 is 0. The fourth-order valence-corrected chi connectivity index (χ4v) is 3.71. The Kier molecular flexibility index (Phi) is 6.50. The van der Waals surface area contributed by atoms with Crippen LogP contribution in [0, 0.1) is 12.8 Å². The zero-order valence-corrected chi connectivity index (χ0v) is 18.2. The Labute approximate surface area is 188 Å². The van der Waals surface area contributed by atoms with Crippen molar-refractivity contribution in [1.82, 2.24) is 19.7 Å². The van der Waals surface area contributed by atoms with E-state index in [9.17, 15) is 18.0 Å². The van der Waals surface area contributed by atoms with Crippen molar-refractivity contribution in [3.63, 3.8) is 0 Å². The number of alkyl halides is 3. The third kappa shape index (κ3) is 5.41. The van der Waals surface area contributed by atoms with Gasteiger partial charge in [0.15, 0.2) is 6.61 Å². The summed E-state index contributed by atoms with van der Waals surface area (Å²) < 4.78 is 49.1. The van der Waals surface area contributed by atoms with Crippen molar-refractivity contribution in [3.05, 3.63) is 41.9 Å². The minimum Gasteiger partial charge on any atom is -0.468 e. The number of nitrogens with one attached hydrogen (secondary N) is 1. The molecule has 0 aromatic carbocycles. The van der Waals surface area contributed by atoms with Crippen LogP contribution >= 0.6 is 0 Å². The molecule has 1 amide bonds. The van der Waals surface area contributed by atoms with Crippen molar-refractivity contribution >= 4 is 22.6 Å². The second-order valence-electron chi connectivity index (χ2n) is 8.05. The molecule has 176 valence electrons. The van der Waals surface area contributed by atoms with E-state index in [4.69, 9.17) is 9.47 Å². The second kappa shape index (κ2) is 9.34. The summed E-state index contributed by atoms with van der Waals surface area (Å²) in [7, 11) is 0. The van der Waals surface area contributed by atoms with E-state index >= 15 is 0 Å². The lowest BCUT2D eigenvalue weighted by Gasteiger charge is -2.21. The largest absolute Gasteiger partial charge is 0.468 e. The molecule has 1 unspecified atom stereocenters. The lowest BCUT2D eigenvalue weighted by molar-refractivity contribution is -0.154. The topological polar surface area (TPSA) is 91.2 Å². The number of halogens is 3. The van der Waals surface area contributed by atoms with E-state index in [2.05, 4.69) is 20.4 Å². The Balaban J connectivity index is 1.53.